The highest BCUT2D eigenvalue weighted by molar-refractivity contribution is 5.94. The number of hydrogen-bond donors (Lipinski definition) is 1. The van der Waals surface area contributed by atoms with Crippen molar-refractivity contribution in [2.24, 2.45) is 0 Å². The highest BCUT2D eigenvalue weighted by atomic mass is 19.1. The van der Waals surface area contributed by atoms with Crippen LogP contribution in [0.2, 0.25) is 0 Å². The van der Waals surface area contributed by atoms with Gasteiger partial charge in [0, 0.05) is 24.0 Å². The maximum atomic E-state index is 12.7. The van der Waals surface area contributed by atoms with Crippen LogP contribution in [0.15, 0.2) is 48.7 Å². The summed E-state index contributed by atoms with van der Waals surface area (Å²) < 4.78 is 12.7. The summed E-state index contributed by atoms with van der Waals surface area (Å²) in [6.45, 7) is 0.576. The molecular weight excluding hydrogens is 243 g/mol. The van der Waals surface area contributed by atoms with E-state index >= 15 is 0 Å². The highest BCUT2D eigenvalue weighted by Crippen LogP contribution is 2.03. The lowest BCUT2D eigenvalue weighted by Gasteiger charge is -2.05. The van der Waals surface area contributed by atoms with Gasteiger partial charge in [-0.2, -0.15) is 0 Å². The van der Waals surface area contributed by atoms with E-state index in [1.54, 1.807) is 6.20 Å². The Morgan fingerprint density at radius 3 is 2.63 bits per heavy atom. The smallest absolute Gasteiger partial charge is 0.251 e. The van der Waals surface area contributed by atoms with E-state index in [2.05, 4.69) is 10.3 Å². The van der Waals surface area contributed by atoms with Crippen LogP contribution >= 0.6 is 0 Å². The lowest BCUT2D eigenvalue weighted by molar-refractivity contribution is 0.0953. The molecule has 0 aliphatic rings. The van der Waals surface area contributed by atoms with Gasteiger partial charge in [-0.15, -0.1) is 0 Å². The van der Waals surface area contributed by atoms with Crippen LogP contribution in [0.25, 0.3) is 0 Å². The Hall–Kier alpha value is -2.23. The summed E-state index contributed by atoms with van der Waals surface area (Å²) in [7, 11) is 0. The first-order valence-electron chi connectivity index (χ1n) is 6.19. The van der Waals surface area contributed by atoms with Crippen LogP contribution in [0.3, 0.4) is 0 Å². The third-order valence-corrected chi connectivity index (χ3v) is 2.73. The maximum absolute atomic E-state index is 12.7. The molecular formula is C15H15FN2O. The van der Waals surface area contributed by atoms with Crippen LogP contribution in [-0.4, -0.2) is 17.4 Å². The third-order valence-electron chi connectivity index (χ3n) is 2.73. The number of nitrogens with one attached hydrogen (secondary N) is 1. The number of amides is 1. The van der Waals surface area contributed by atoms with Crippen molar-refractivity contribution >= 4 is 5.91 Å². The molecule has 1 N–H and O–H groups in total. The molecule has 1 aromatic carbocycles. The molecule has 2 rings (SSSR count). The van der Waals surface area contributed by atoms with Gasteiger partial charge in [0.15, 0.2) is 0 Å². The fourth-order valence-corrected chi connectivity index (χ4v) is 1.72. The molecule has 1 amide bonds. The Labute approximate surface area is 111 Å². The quantitative estimate of drug-likeness (QED) is 0.837. The molecule has 1 heterocycles. The molecule has 0 radical (unpaired) electrons. The first kappa shape index (κ1) is 13.2. The number of halogens is 1. The van der Waals surface area contributed by atoms with Crippen molar-refractivity contribution in [2.45, 2.75) is 12.8 Å². The number of rotatable bonds is 5. The van der Waals surface area contributed by atoms with Crippen molar-refractivity contribution in [3.63, 3.8) is 0 Å². The van der Waals surface area contributed by atoms with Crippen molar-refractivity contribution in [3.05, 3.63) is 65.7 Å². The molecule has 0 bridgehead atoms. The van der Waals surface area contributed by atoms with Crippen molar-refractivity contribution in [1.82, 2.24) is 10.3 Å². The van der Waals surface area contributed by atoms with Crippen LogP contribution in [0.5, 0.6) is 0 Å². The molecule has 0 saturated heterocycles. The van der Waals surface area contributed by atoms with Gasteiger partial charge < -0.3 is 5.32 Å². The van der Waals surface area contributed by atoms with E-state index in [0.29, 0.717) is 12.1 Å². The SMILES string of the molecule is O=C(NCCCc1ccccn1)c1ccc(F)cc1. The molecule has 0 atom stereocenters. The average molecular weight is 258 g/mol. The topological polar surface area (TPSA) is 42.0 Å². The van der Waals surface area contributed by atoms with Gasteiger partial charge in [-0.1, -0.05) is 6.07 Å². The maximum Gasteiger partial charge on any atom is 0.251 e. The predicted octanol–water partition coefficient (Wildman–Crippen LogP) is 2.58. The van der Waals surface area contributed by atoms with Gasteiger partial charge in [-0.05, 0) is 49.2 Å². The molecule has 0 aliphatic heterocycles. The second-order valence-corrected chi connectivity index (χ2v) is 4.19. The molecule has 0 aliphatic carbocycles. The number of aryl methyl sites for hydroxylation is 1. The van der Waals surface area contributed by atoms with E-state index in [4.69, 9.17) is 0 Å². The van der Waals surface area contributed by atoms with Crippen LogP contribution in [-0.2, 0) is 6.42 Å². The van der Waals surface area contributed by atoms with E-state index in [0.717, 1.165) is 18.5 Å². The fraction of sp³-hybridized carbons (Fsp3) is 0.200. The molecule has 0 spiro atoms. The normalized spacial score (nSPS) is 10.2. The van der Waals surface area contributed by atoms with Crippen LogP contribution < -0.4 is 5.32 Å². The number of nitrogens with zero attached hydrogens (tertiary/aromatic N) is 1. The summed E-state index contributed by atoms with van der Waals surface area (Å²) in [6.07, 6.45) is 3.40. The highest BCUT2D eigenvalue weighted by Gasteiger charge is 2.04. The van der Waals surface area contributed by atoms with Crippen molar-refractivity contribution < 1.29 is 9.18 Å². The largest absolute Gasteiger partial charge is 0.352 e. The Bertz CT molecular complexity index is 526. The summed E-state index contributed by atoms with van der Waals surface area (Å²) in [4.78, 5) is 15.9. The van der Waals surface area contributed by atoms with Crippen molar-refractivity contribution in [2.75, 3.05) is 6.54 Å². The van der Waals surface area contributed by atoms with Gasteiger partial charge in [0.1, 0.15) is 5.82 Å². The van der Waals surface area contributed by atoms with E-state index < -0.39 is 0 Å². The summed E-state index contributed by atoms with van der Waals surface area (Å²) in [5.41, 5.74) is 1.48. The molecule has 0 saturated carbocycles. The molecule has 3 nitrogen and oxygen atoms in total. The Balaban J connectivity index is 1.74. The number of hydrogen-bond acceptors (Lipinski definition) is 2. The Kier molecular flexibility index (Phi) is 4.61. The molecule has 98 valence electrons. The molecule has 0 fully saturated rings. The van der Waals surface area contributed by atoms with E-state index in [9.17, 15) is 9.18 Å². The Morgan fingerprint density at radius 1 is 1.16 bits per heavy atom. The summed E-state index contributed by atoms with van der Waals surface area (Å²) in [6, 6.07) is 11.3. The summed E-state index contributed by atoms with van der Waals surface area (Å²) in [5, 5.41) is 2.80. The summed E-state index contributed by atoms with van der Waals surface area (Å²) >= 11 is 0. The molecule has 4 heteroatoms. The molecule has 1 aromatic heterocycles. The second-order valence-electron chi connectivity index (χ2n) is 4.19. The van der Waals surface area contributed by atoms with Gasteiger partial charge in [-0.3, -0.25) is 9.78 Å². The minimum Gasteiger partial charge on any atom is -0.352 e. The number of carbonyl (C=O) groups is 1. The predicted molar refractivity (Wildman–Crippen MR) is 71.3 cm³/mol. The molecule has 0 unspecified atom stereocenters. The number of aromatic nitrogens is 1. The monoisotopic (exact) mass is 258 g/mol. The second kappa shape index (κ2) is 6.64. The van der Waals surface area contributed by atoms with Gasteiger partial charge in [0.25, 0.3) is 5.91 Å². The zero-order valence-electron chi connectivity index (χ0n) is 10.5. The Morgan fingerprint density at radius 2 is 1.95 bits per heavy atom. The first-order chi connectivity index (χ1) is 9.25. The van der Waals surface area contributed by atoms with E-state index in [1.165, 1.54) is 24.3 Å². The lowest BCUT2D eigenvalue weighted by atomic mass is 10.2. The van der Waals surface area contributed by atoms with E-state index in [1.807, 2.05) is 18.2 Å². The van der Waals surface area contributed by atoms with Gasteiger partial charge in [0.2, 0.25) is 0 Å². The third kappa shape index (κ3) is 4.17. The van der Waals surface area contributed by atoms with Crippen molar-refractivity contribution in [3.8, 4) is 0 Å². The minimum atomic E-state index is -0.341. The van der Waals surface area contributed by atoms with Crippen LogP contribution in [0.4, 0.5) is 4.39 Å². The van der Waals surface area contributed by atoms with E-state index in [-0.39, 0.29) is 11.7 Å². The van der Waals surface area contributed by atoms with Crippen LogP contribution in [0.1, 0.15) is 22.5 Å². The molecule has 19 heavy (non-hydrogen) atoms. The van der Waals surface area contributed by atoms with Gasteiger partial charge >= 0.3 is 0 Å². The fourth-order valence-electron chi connectivity index (χ4n) is 1.72. The zero-order chi connectivity index (χ0) is 13.5. The van der Waals surface area contributed by atoms with Gasteiger partial charge in [0.05, 0.1) is 0 Å². The minimum absolute atomic E-state index is 0.180. The van der Waals surface area contributed by atoms with Crippen molar-refractivity contribution in [1.29, 1.82) is 0 Å². The summed E-state index contributed by atoms with van der Waals surface area (Å²) in [5.74, 6) is -0.521. The zero-order valence-corrected chi connectivity index (χ0v) is 10.5. The number of carbonyl (C=O) groups excluding carboxylic acids is 1. The number of pyridine rings is 1. The molecule has 2 aromatic rings. The average Bonchev–Trinajstić information content (AvgIpc) is 2.45. The standard InChI is InChI=1S/C15H15FN2O/c16-13-8-6-12(7-9-13)15(19)18-11-3-5-14-4-1-2-10-17-14/h1-2,4,6-10H,3,5,11H2,(H,18,19). The van der Waals surface area contributed by atoms with Crippen LogP contribution in [0, 0.1) is 5.82 Å². The van der Waals surface area contributed by atoms with Gasteiger partial charge in [-0.25, -0.2) is 4.39 Å². The first-order valence-corrected chi connectivity index (χ1v) is 6.19. The lowest BCUT2D eigenvalue weighted by Crippen LogP contribution is -2.24. The number of benzene rings is 1.